The van der Waals surface area contributed by atoms with Crippen molar-refractivity contribution in [3.8, 4) is 5.75 Å². The second-order valence-corrected chi connectivity index (χ2v) is 2.92. The molecule has 0 aliphatic rings. The number of hydrogen-bond donors (Lipinski definition) is 1. The first-order valence-corrected chi connectivity index (χ1v) is 3.93. The lowest BCUT2D eigenvalue weighted by molar-refractivity contribution is 0.474. The van der Waals surface area contributed by atoms with E-state index < -0.39 is 0 Å². The fourth-order valence-corrected chi connectivity index (χ4v) is 1.31. The van der Waals surface area contributed by atoms with Gasteiger partial charge in [-0.2, -0.15) is 0 Å². The standard InChI is InChI=1S/C10H8FNO/c1-6-5-8(11)7-3-2-4-12-9(7)10(6)13/h2-5,13H,1H3. The molecule has 1 N–H and O–H groups in total. The Morgan fingerprint density at radius 3 is 3.00 bits per heavy atom. The van der Waals surface area contributed by atoms with Crippen molar-refractivity contribution in [3.05, 3.63) is 35.8 Å². The van der Waals surface area contributed by atoms with E-state index in [1.807, 2.05) is 0 Å². The Hall–Kier alpha value is -1.64. The first-order valence-electron chi connectivity index (χ1n) is 3.93. The minimum Gasteiger partial charge on any atom is -0.505 e. The van der Waals surface area contributed by atoms with Crippen LogP contribution in [0.25, 0.3) is 10.9 Å². The van der Waals surface area contributed by atoms with Gasteiger partial charge in [-0.3, -0.25) is 4.98 Å². The number of phenolic OH excluding ortho intramolecular Hbond substituents is 1. The summed E-state index contributed by atoms with van der Waals surface area (Å²) in [5.41, 5.74) is 0.823. The molecule has 0 aliphatic heterocycles. The predicted molar refractivity (Wildman–Crippen MR) is 48.1 cm³/mol. The summed E-state index contributed by atoms with van der Waals surface area (Å²) >= 11 is 0. The molecule has 0 atom stereocenters. The molecule has 1 aromatic heterocycles. The Bertz CT molecular complexity index is 468. The van der Waals surface area contributed by atoms with Gasteiger partial charge in [0.05, 0.1) is 0 Å². The second-order valence-electron chi connectivity index (χ2n) is 2.92. The van der Waals surface area contributed by atoms with Gasteiger partial charge in [-0.15, -0.1) is 0 Å². The van der Waals surface area contributed by atoms with E-state index in [0.29, 0.717) is 16.5 Å². The Kier molecular flexibility index (Phi) is 1.65. The number of pyridine rings is 1. The molecule has 66 valence electrons. The van der Waals surface area contributed by atoms with Crippen molar-refractivity contribution in [2.75, 3.05) is 0 Å². The van der Waals surface area contributed by atoms with Crippen LogP contribution in [0.15, 0.2) is 24.4 Å². The summed E-state index contributed by atoms with van der Waals surface area (Å²) in [4.78, 5) is 3.91. The topological polar surface area (TPSA) is 33.1 Å². The molecule has 0 fully saturated rings. The molecule has 13 heavy (non-hydrogen) atoms. The minimum atomic E-state index is -0.349. The summed E-state index contributed by atoms with van der Waals surface area (Å²) in [6, 6.07) is 4.54. The van der Waals surface area contributed by atoms with Crippen LogP contribution in [0.1, 0.15) is 5.56 Å². The average molecular weight is 177 g/mol. The summed E-state index contributed by atoms with van der Waals surface area (Å²) in [7, 11) is 0. The number of aromatic hydroxyl groups is 1. The van der Waals surface area contributed by atoms with Crippen LogP contribution in [-0.2, 0) is 0 Å². The number of halogens is 1. The monoisotopic (exact) mass is 177 g/mol. The van der Waals surface area contributed by atoms with E-state index in [0.717, 1.165) is 0 Å². The van der Waals surface area contributed by atoms with Crippen molar-refractivity contribution < 1.29 is 9.50 Å². The fraction of sp³-hybridized carbons (Fsp3) is 0.100. The van der Waals surface area contributed by atoms with Gasteiger partial charge in [0.25, 0.3) is 0 Å². The molecule has 0 aliphatic carbocycles. The van der Waals surface area contributed by atoms with E-state index in [2.05, 4.69) is 4.98 Å². The van der Waals surface area contributed by atoms with E-state index >= 15 is 0 Å². The number of benzene rings is 1. The first kappa shape index (κ1) is 7.98. The second kappa shape index (κ2) is 2.69. The average Bonchev–Trinajstić information content (AvgIpc) is 2.15. The maximum absolute atomic E-state index is 13.3. The molecule has 0 bridgehead atoms. The van der Waals surface area contributed by atoms with Crippen LogP contribution < -0.4 is 0 Å². The van der Waals surface area contributed by atoms with Gasteiger partial charge in [-0.05, 0) is 30.7 Å². The molecule has 0 radical (unpaired) electrons. The molecule has 1 aromatic carbocycles. The van der Waals surface area contributed by atoms with Crippen molar-refractivity contribution in [3.63, 3.8) is 0 Å². The highest BCUT2D eigenvalue weighted by atomic mass is 19.1. The van der Waals surface area contributed by atoms with Gasteiger partial charge in [0.2, 0.25) is 0 Å². The van der Waals surface area contributed by atoms with Crippen molar-refractivity contribution in [2.45, 2.75) is 6.92 Å². The Morgan fingerprint density at radius 1 is 1.46 bits per heavy atom. The molecule has 1 heterocycles. The van der Waals surface area contributed by atoms with Crippen LogP contribution in [-0.4, -0.2) is 10.1 Å². The van der Waals surface area contributed by atoms with Crippen molar-refractivity contribution in [2.24, 2.45) is 0 Å². The van der Waals surface area contributed by atoms with E-state index in [1.165, 1.54) is 12.3 Å². The number of fused-ring (bicyclic) bond motifs is 1. The molecule has 0 unspecified atom stereocenters. The number of nitrogens with zero attached hydrogens (tertiary/aromatic N) is 1. The Morgan fingerprint density at radius 2 is 2.23 bits per heavy atom. The third-order valence-electron chi connectivity index (χ3n) is 2.01. The third-order valence-corrected chi connectivity index (χ3v) is 2.01. The van der Waals surface area contributed by atoms with Crippen LogP contribution in [0, 0.1) is 12.7 Å². The van der Waals surface area contributed by atoms with E-state index in [1.54, 1.807) is 19.1 Å². The number of rotatable bonds is 0. The Balaban J connectivity index is 2.97. The van der Waals surface area contributed by atoms with E-state index in [4.69, 9.17) is 0 Å². The highest BCUT2D eigenvalue weighted by Crippen LogP contribution is 2.28. The lowest BCUT2D eigenvalue weighted by Gasteiger charge is -2.03. The molecule has 2 aromatic rings. The summed E-state index contributed by atoms with van der Waals surface area (Å²) in [6.45, 7) is 1.65. The maximum atomic E-state index is 13.3. The molecular weight excluding hydrogens is 169 g/mol. The largest absolute Gasteiger partial charge is 0.505 e. The van der Waals surface area contributed by atoms with Crippen LogP contribution in [0.2, 0.25) is 0 Å². The maximum Gasteiger partial charge on any atom is 0.144 e. The summed E-state index contributed by atoms with van der Waals surface area (Å²) in [5.74, 6) is -0.296. The Labute approximate surface area is 74.7 Å². The highest BCUT2D eigenvalue weighted by molar-refractivity contribution is 5.85. The summed E-state index contributed by atoms with van der Waals surface area (Å²) in [5, 5.41) is 9.91. The summed E-state index contributed by atoms with van der Waals surface area (Å²) < 4.78 is 13.3. The van der Waals surface area contributed by atoms with Crippen LogP contribution in [0.5, 0.6) is 5.75 Å². The van der Waals surface area contributed by atoms with E-state index in [-0.39, 0.29) is 11.6 Å². The third kappa shape index (κ3) is 1.13. The molecule has 0 saturated heterocycles. The molecule has 0 amide bonds. The summed E-state index contributed by atoms with van der Waals surface area (Å²) in [6.07, 6.45) is 1.53. The lowest BCUT2D eigenvalue weighted by Crippen LogP contribution is -1.86. The van der Waals surface area contributed by atoms with Gasteiger partial charge in [0.15, 0.2) is 0 Å². The van der Waals surface area contributed by atoms with Crippen LogP contribution in [0.3, 0.4) is 0 Å². The zero-order valence-corrected chi connectivity index (χ0v) is 7.08. The number of aryl methyl sites for hydroxylation is 1. The zero-order chi connectivity index (χ0) is 9.42. The highest BCUT2D eigenvalue weighted by Gasteiger charge is 2.08. The SMILES string of the molecule is Cc1cc(F)c2cccnc2c1O. The number of phenols is 1. The van der Waals surface area contributed by atoms with Crippen molar-refractivity contribution >= 4 is 10.9 Å². The van der Waals surface area contributed by atoms with Gasteiger partial charge in [-0.25, -0.2) is 4.39 Å². The quantitative estimate of drug-likeness (QED) is 0.670. The van der Waals surface area contributed by atoms with Crippen LogP contribution >= 0.6 is 0 Å². The van der Waals surface area contributed by atoms with Crippen molar-refractivity contribution in [1.29, 1.82) is 0 Å². The minimum absolute atomic E-state index is 0.0528. The molecular formula is C10H8FNO. The molecule has 2 rings (SSSR count). The van der Waals surface area contributed by atoms with Crippen LogP contribution in [0.4, 0.5) is 4.39 Å². The van der Waals surface area contributed by atoms with E-state index in [9.17, 15) is 9.50 Å². The van der Waals surface area contributed by atoms with Gasteiger partial charge in [-0.1, -0.05) is 0 Å². The lowest BCUT2D eigenvalue weighted by atomic mass is 10.1. The van der Waals surface area contributed by atoms with Gasteiger partial charge in [0, 0.05) is 11.6 Å². The molecule has 3 heteroatoms. The van der Waals surface area contributed by atoms with Gasteiger partial charge < -0.3 is 5.11 Å². The predicted octanol–water partition coefficient (Wildman–Crippen LogP) is 2.39. The van der Waals surface area contributed by atoms with Crippen molar-refractivity contribution in [1.82, 2.24) is 4.98 Å². The van der Waals surface area contributed by atoms with Gasteiger partial charge in [0.1, 0.15) is 17.1 Å². The zero-order valence-electron chi connectivity index (χ0n) is 7.08. The number of hydrogen-bond acceptors (Lipinski definition) is 2. The molecule has 0 spiro atoms. The normalized spacial score (nSPS) is 10.6. The fourth-order valence-electron chi connectivity index (χ4n) is 1.31. The first-order chi connectivity index (χ1) is 6.20. The molecule has 0 saturated carbocycles. The molecule has 2 nitrogen and oxygen atoms in total. The number of aromatic nitrogens is 1. The smallest absolute Gasteiger partial charge is 0.144 e. The van der Waals surface area contributed by atoms with Gasteiger partial charge >= 0.3 is 0 Å².